The molecule has 1 aromatic heterocycles. The number of rotatable bonds is 6. The monoisotopic (exact) mass is 260 g/mol. The molecule has 0 saturated carbocycles. The smallest absolute Gasteiger partial charge is 0.181 e. The molecule has 4 heteroatoms. The highest BCUT2D eigenvalue weighted by Gasteiger charge is 2.20. The molecule has 0 fully saturated rings. The Hall–Kier alpha value is -1.81. The minimum Gasteiger partial charge on any atom is -0.444 e. The number of nitrogens with zero attached hydrogens (tertiary/aromatic N) is 1. The van der Waals surface area contributed by atoms with Crippen molar-refractivity contribution >= 4 is 5.69 Å². The molecule has 0 radical (unpaired) electrons. The maximum Gasteiger partial charge on any atom is 0.181 e. The molecule has 2 rings (SSSR count). The van der Waals surface area contributed by atoms with Crippen molar-refractivity contribution < 1.29 is 9.52 Å². The Balaban J connectivity index is 2.00. The molecule has 0 amide bonds. The maximum absolute atomic E-state index is 9.37. The predicted molar refractivity (Wildman–Crippen MR) is 75.9 cm³/mol. The van der Waals surface area contributed by atoms with Gasteiger partial charge in [-0.2, -0.15) is 0 Å². The third-order valence-corrected chi connectivity index (χ3v) is 3.56. The van der Waals surface area contributed by atoms with Gasteiger partial charge in [0.1, 0.15) is 0 Å². The number of hydrogen-bond donors (Lipinski definition) is 2. The van der Waals surface area contributed by atoms with Crippen LogP contribution in [0.4, 0.5) is 5.69 Å². The van der Waals surface area contributed by atoms with Gasteiger partial charge in [0.05, 0.1) is 12.8 Å². The third-order valence-electron chi connectivity index (χ3n) is 3.56. The van der Waals surface area contributed by atoms with Gasteiger partial charge in [0, 0.05) is 23.2 Å². The molecule has 2 aromatic rings. The molecule has 102 valence electrons. The Morgan fingerprint density at radius 1 is 1.32 bits per heavy atom. The summed E-state index contributed by atoms with van der Waals surface area (Å²) < 4.78 is 5.24. The highest BCUT2D eigenvalue weighted by atomic mass is 16.3. The zero-order valence-corrected chi connectivity index (χ0v) is 11.4. The molecular weight excluding hydrogens is 240 g/mol. The quantitative estimate of drug-likeness (QED) is 0.837. The van der Waals surface area contributed by atoms with Crippen molar-refractivity contribution in [1.29, 1.82) is 0 Å². The number of nitrogens with one attached hydrogen (secondary N) is 1. The first-order chi connectivity index (χ1) is 9.17. The van der Waals surface area contributed by atoms with Gasteiger partial charge in [-0.3, -0.25) is 0 Å². The van der Waals surface area contributed by atoms with E-state index in [2.05, 4.69) is 24.1 Å². The minimum atomic E-state index is -0.0798. The average molecular weight is 260 g/mol. The zero-order valence-electron chi connectivity index (χ0n) is 11.4. The Morgan fingerprint density at radius 3 is 2.58 bits per heavy atom. The van der Waals surface area contributed by atoms with E-state index < -0.39 is 0 Å². The molecule has 0 aliphatic carbocycles. The summed E-state index contributed by atoms with van der Waals surface area (Å²) in [5, 5.41) is 12.7. The first-order valence-electron chi connectivity index (χ1n) is 6.50. The largest absolute Gasteiger partial charge is 0.444 e. The Labute approximate surface area is 113 Å². The fraction of sp³-hybridized carbons (Fsp3) is 0.400. The number of benzene rings is 1. The van der Waals surface area contributed by atoms with Crippen molar-refractivity contribution in [2.24, 2.45) is 5.41 Å². The molecule has 1 atom stereocenters. The van der Waals surface area contributed by atoms with E-state index in [1.54, 1.807) is 6.20 Å². The fourth-order valence-corrected chi connectivity index (χ4v) is 1.72. The van der Waals surface area contributed by atoms with E-state index in [9.17, 15) is 5.11 Å². The van der Waals surface area contributed by atoms with E-state index in [4.69, 9.17) is 4.42 Å². The Morgan fingerprint density at radius 2 is 2.05 bits per heavy atom. The summed E-state index contributed by atoms with van der Waals surface area (Å²) in [6.07, 6.45) is 4.06. The van der Waals surface area contributed by atoms with Crippen LogP contribution in [0.15, 0.2) is 41.3 Å². The number of aromatic nitrogens is 1. The molecule has 0 aliphatic rings. The van der Waals surface area contributed by atoms with Gasteiger partial charge in [-0.1, -0.05) is 13.8 Å². The first kappa shape index (κ1) is 13.6. The van der Waals surface area contributed by atoms with Gasteiger partial charge in [-0.15, -0.1) is 0 Å². The summed E-state index contributed by atoms with van der Waals surface area (Å²) in [7, 11) is 0. The van der Waals surface area contributed by atoms with Gasteiger partial charge in [-0.05, 0) is 30.7 Å². The Bertz CT molecular complexity index is 487. The summed E-state index contributed by atoms with van der Waals surface area (Å²) in [6, 6.07) is 7.99. The van der Waals surface area contributed by atoms with Crippen molar-refractivity contribution in [1.82, 2.24) is 4.98 Å². The van der Waals surface area contributed by atoms with Gasteiger partial charge >= 0.3 is 0 Å². The molecule has 1 heterocycles. The van der Waals surface area contributed by atoms with Crippen molar-refractivity contribution in [2.45, 2.75) is 20.3 Å². The SMILES string of the molecule is CCC(C)(CO)CNc1ccc(-c2cnco2)cc1. The van der Waals surface area contributed by atoms with Crippen LogP contribution in [0.2, 0.25) is 0 Å². The molecule has 0 bridgehead atoms. The lowest BCUT2D eigenvalue weighted by Crippen LogP contribution is -2.29. The lowest BCUT2D eigenvalue weighted by molar-refractivity contribution is 0.149. The van der Waals surface area contributed by atoms with Gasteiger partial charge in [0.2, 0.25) is 0 Å². The van der Waals surface area contributed by atoms with Crippen LogP contribution in [0.25, 0.3) is 11.3 Å². The average Bonchev–Trinajstić information content (AvgIpc) is 2.99. The molecule has 1 unspecified atom stereocenters. The van der Waals surface area contributed by atoms with Gasteiger partial charge in [-0.25, -0.2) is 4.98 Å². The third kappa shape index (κ3) is 3.35. The van der Waals surface area contributed by atoms with Crippen LogP contribution in [0.3, 0.4) is 0 Å². The van der Waals surface area contributed by atoms with Crippen LogP contribution in [0, 0.1) is 5.41 Å². The molecule has 0 saturated heterocycles. The second-order valence-electron chi connectivity index (χ2n) is 5.12. The molecule has 2 N–H and O–H groups in total. The van der Waals surface area contributed by atoms with Crippen LogP contribution >= 0.6 is 0 Å². The normalized spacial score (nSPS) is 14.1. The van der Waals surface area contributed by atoms with Crippen LogP contribution in [0.1, 0.15) is 20.3 Å². The summed E-state index contributed by atoms with van der Waals surface area (Å²) in [5.74, 6) is 0.764. The maximum atomic E-state index is 9.37. The fourth-order valence-electron chi connectivity index (χ4n) is 1.72. The van der Waals surface area contributed by atoms with Gasteiger partial charge in [0.15, 0.2) is 12.2 Å². The molecular formula is C15H20N2O2. The summed E-state index contributed by atoms with van der Waals surface area (Å²) >= 11 is 0. The molecule has 0 spiro atoms. The number of aliphatic hydroxyl groups excluding tert-OH is 1. The number of oxazole rings is 1. The van der Waals surface area contributed by atoms with Crippen molar-refractivity contribution in [3.63, 3.8) is 0 Å². The van der Waals surface area contributed by atoms with E-state index in [1.807, 2.05) is 24.3 Å². The highest BCUT2D eigenvalue weighted by molar-refractivity contribution is 5.60. The standard InChI is InChI=1S/C15H20N2O2/c1-3-15(2,10-18)9-17-13-6-4-12(5-7-13)14-8-16-11-19-14/h4-8,11,17-18H,3,9-10H2,1-2H3. The predicted octanol–water partition coefficient (Wildman–Crippen LogP) is 3.16. The number of anilines is 1. The van der Waals surface area contributed by atoms with E-state index in [1.165, 1.54) is 6.39 Å². The van der Waals surface area contributed by atoms with E-state index in [-0.39, 0.29) is 12.0 Å². The molecule has 0 aliphatic heterocycles. The first-order valence-corrected chi connectivity index (χ1v) is 6.50. The second kappa shape index (κ2) is 5.89. The van der Waals surface area contributed by atoms with Crippen LogP contribution in [0.5, 0.6) is 0 Å². The lowest BCUT2D eigenvalue weighted by atomic mass is 9.88. The zero-order chi connectivity index (χ0) is 13.7. The highest BCUT2D eigenvalue weighted by Crippen LogP contribution is 2.23. The van der Waals surface area contributed by atoms with Gasteiger partial charge < -0.3 is 14.8 Å². The summed E-state index contributed by atoms with van der Waals surface area (Å²) in [5.41, 5.74) is 1.96. The summed E-state index contributed by atoms with van der Waals surface area (Å²) in [4.78, 5) is 3.90. The molecule has 4 nitrogen and oxygen atoms in total. The van der Waals surface area contributed by atoms with Crippen LogP contribution in [-0.2, 0) is 0 Å². The van der Waals surface area contributed by atoms with E-state index in [0.29, 0.717) is 0 Å². The minimum absolute atomic E-state index is 0.0798. The lowest BCUT2D eigenvalue weighted by Gasteiger charge is -2.26. The topological polar surface area (TPSA) is 58.3 Å². The number of aliphatic hydroxyl groups is 1. The molecule has 1 aromatic carbocycles. The van der Waals surface area contributed by atoms with E-state index in [0.717, 1.165) is 30.0 Å². The van der Waals surface area contributed by atoms with Gasteiger partial charge in [0.25, 0.3) is 0 Å². The second-order valence-corrected chi connectivity index (χ2v) is 5.12. The Kier molecular flexibility index (Phi) is 4.22. The van der Waals surface area contributed by atoms with Crippen molar-refractivity contribution in [3.05, 3.63) is 36.9 Å². The molecule has 19 heavy (non-hydrogen) atoms. The van der Waals surface area contributed by atoms with E-state index >= 15 is 0 Å². The number of hydrogen-bond acceptors (Lipinski definition) is 4. The van der Waals surface area contributed by atoms with Crippen LogP contribution < -0.4 is 5.32 Å². The van der Waals surface area contributed by atoms with Crippen LogP contribution in [-0.4, -0.2) is 23.2 Å². The summed E-state index contributed by atoms with van der Waals surface area (Å²) in [6.45, 7) is 5.10. The van der Waals surface area contributed by atoms with Crippen molar-refractivity contribution in [3.8, 4) is 11.3 Å². The van der Waals surface area contributed by atoms with Crippen molar-refractivity contribution in [2.75, 3.05) is 18.5 Å².